The van der Waals surface area contributed by atoms with Crippen molar-refractivity contribution in [2.24, 2.45) is 5.92 Å². The van der Waals surface area contributed by atoms with Crippen molar-refractivity contribution in [1.29, 1.82) is 0 Å². The van der Waals surface area contributed by atoms with Gasteiger partial charge in [-0.2, -0.15) is 0 Å². The standard InChI is InChI=1S/C20H41N5O/c1-17(2)25(18(3)4)14-9-22-20(26)16-23-10-5-19(6-11-23)15-24-12-7-21-8-13-24/h17-19,21H,5-16H2,1-4H3,(H,22,26). The second kappa shape index (κ2) is 11.2. The number of amides is 1. The number of carbonyl (C=O) groups is 1. The second-order valence-corrected chi connectivity index (χ2v) is 8.55. The average molecular weight is 368 g/mol. The highest BCUT2D eigenvalue weighted by Crippen LogP contribution is 2.18. The Hall–Kier alpha value is -0.690. The molecule has 2 N–H and O–H groups in total. The average Bonchev–Trinajstić information content (AvgIpc) is 2.60. The highest BCUT2D eigenvalue weighted by molar-refractivity contribution is 5.78. The van der Waals surface area contributed by atoms with Gasteiger partial charge in [-0.3, -0.25) is 14.6 Å². The molecule has 0 aromatic heterocycles. The van der Waals surface area contributed by atoms with Crippen molar-refractivity contribution in [3.8, 4) is 0 Å². The molecule has 0 saturated carbocycles. The number of nitrogens with one attached hydrogen (secondary N) is 2. The van der Waals surface area contributed by atoms with Crippen LogP contribution in [0.2, 0.25) is 0 Å². The van der Waals surface area contributed by atoms with Gasteiger partial charge in [0.25, 0.3) is 0 Å². The van der Waals surface area contributed by atoms with Crippen LogP contribution in [0.15, 0.2) is 0 Å². The van der Waals surface area contributed by atoms with Crippen LogP contribution in [-0.4, -0.2) is 98.1 Å². The third-order valence-corrected chi connectivity index (χ3v) is 5.82. The molecule has 0 bridgehead atoms. The molecule has 2 heterocycles. The molecular formula is C20H41N5O. The Bertz CT molecular complexity index is 393. The lowest BCUT2D eigenvalue weighted by molar-refractivity contribution is -0.122. The van der Waals surface area contributed by atoms with Crippen LogP contribution < -0.4 is 10.6 Å². The summed E-state index contributed by atoms with van der Waals surface area (Å²) in [5, 5.41) is 6.53. The second-order valence-electron chi connectivity index (χ2n) is 8.55. The Morgan fingerprint density at radius 3 is 2.23 bits per heavy atom. The summed E-state index contributed by atoms with van der Waals surface area (Å²) in [6.07, 6.45) is 2.46. The van der Waals surface area contributed by atoms with Crippen molar-refractivity contribution in [3.05, 3.63) is 0 Å². The van der Waals surface area contributed by atoms with E-state index in [9.17, 15) is 4.79 Å². The van der Waals surface area contributed by atoms with Crippen molar-refractivity contribution in [2.45, 2.75) is 52.6 Å². The summed E-state index contributed by atoms with van der Waals surface area (Å²) < 4.78 is 0. The number of piperidine rings is 1. The third kappa shape index (κ3) is 7.51. The molecule has 152 valence electrons. The van der Waals surface area contributed by atoms with Gasteiger partial charge in [0.1, 0.15) is 0 Å². The Labute approximate surface area is 160 Å². The number of nitrogens with zero attached hydrogens (tertiary/aromatic N) is 3. The number of hydrogen-bond donors (Lipinski definition) is 2. The quantitative estimate of drug-likeness (QED) is 0.632. The zero-order chi connectivity index (χ0) is 18.9. The van der Waals surface area contributed by atoms with Crippen LogP contribution in [0.25, 0.3) is 0 Å². The summed E-state index contributed by atoms with van der Waals surface area (Å²) >= 11 is 0. The largest absolute Gasteiger partial charge is 0.354 e. The van der Waals surface area contributed by atoms with Gasteiger partial charge in [-0.25, -0.2) is 0 Å². The van der Waals surface area contributed by atoms with Crippen LogP contribution in [0.4, 0.5) is 0 Å². The van der Waals surface area contributed by atoms with E-state index in [-0.39, 0.29) is 5.91 Å². The summed E-state index contributed by atoms with van der Waals surface area (Å²) in [6.45, 7) is 19.1. The zero-order valence-corrected chi connectivity index (χ0v) is 17.5. The van der Waals surface area contributed by atoms with Gasteiger partial charge in [-0.1, -0.05) is 0 Å². The lowest BCUT2D eigenvalue weighted by Crippen LogP contribution is -2.48. The minimum atomic E-state index is 0.179. The minimum absolute atomic E-state index is 0.179. The lowest BCUT2D eigenvalue weighted by Gasteiger charge is -2.36. The number of carbonyl (C=O) groups excluding carboxylic acids is 1. The molecule has 26 heavy (non-hydrogen) atoms. The first-order chi connectivity index (χ1) is 12.5. The first-order valence-electron chi connectivity index (χ1n) is 10.6. The van der Waals surface area contributed by atoms with E-state index in [0.717, 1.165) is 45.2 Å². The van der Waals surface area contributed by atoms with E-state index in [2.05, 4.69) is 53.0 Å². The van der Waals surface area contributed by atoms with Crippen LogP contribution in [0.3, 0.4) is 0 Å². The normalized spacial score (nSPS) is 21.0. The molecule has 6 nitrogen and oxygen atoms in total. The van der Waals surface area contributed by atoms with E-state index in [0.29, 0.717) is 18.6 Å². The van der Waals surface area contributed by atoms with Crippen molar-refractivity contribution >= 4 is 5.91 Å². The van der Waals surface area contributed by atoms with E-state index in [1.165, 1.54) is 32.5 Å². The fourth-order valence-corrected chi connectivity index (χ4v) is 4.28. The Balaban J connectivity index is 1.58. The van der Waals surface area contributed by atoms with Crippen LogP contribution in [0.1, 0.15) is 40.5 Å². The summed E-state index contributed by atoms with van der Waals surface area (Å²) in [5.41, 5.74) is 0. The third-order valence-electron chi connectivity index (χ3n) is 5.82. The van der Waals surface area contributed by atoms with Gasteiger partial charge in [0.15, 0.2) is 0 Å². The Morgan fingerprint density at radius 2 is 1.65 bits per heavy atom. The van der Waals surface area contributed by atoms with Crippen LogP contribution in [0.5, 0.6) is 0 Å². The summed E-state index contributed by atoms with van der Waals surface area (Å²) in [6, 6.07) is 1.03. The molecule has 2 saturated heterocycles. The monoisotopic (exact) mass is 367 g/mol. The van der Waals surface area contributed by atoms with Crippen molar-refractivity contribution in [2.75, 3.05) is 65.4 Å². The van der Waals surface area contributed by atoms with Crippen molar-refractivity contribution in [1.82, 2.24) is 25.3 Å². The fraction of sp³-hybridized carbons (Fsp3) is 0.950. The number of hydrogen-bond acceptors (Lipinski definition) is 5. The predicted molar refractivity (Wildman–Crippen MR) is 108 cm³/mol. The SMILES string of the molecule is CC(C)N(CCNC(=O)CN1CCC(CN2CCNCC2)CC1)C(C)C. The number of piperazine rings is 1. The van der Waals surface area contributed by atoms with Gasteiger partial charge in [-0.15, -0.1) is 0 Å². The maximum absolute atomic E-state index is 12.2. The minimum Gasteiger partial charge on any atom is -0.354 e. The maximum Gasteiger partial charge on any atom is 0.234 e. The predicted octanol–water partition coefficient (Wildman–Crippen LogP) is 0.839. The molecule has 1 amide bonds. The molecule has 0 atom stereocenters. The molecule has 2 aliphatic heterocycles. The van der Waals surface area contributed by atoms with E-state index < -0.39 is 0 Å². The van der Waals surface area contributed by atoms with E-state index in [1.54, 1.807) is 0 Å². The van der Waals surface area contributed by atoms with Gasteiger partial charge in [0.2, 0.25) is 5.91 Å². The van der Waals surface area contributed by atoms with Gasteiger partial charge in [0.05, 0.1) is 6.54 Å². The molecular weight excluding hydrogens is 326 g/mol. The first-order valence-corrected chi connectivity index (χ1v) is 10.6. The molecule has 2 fully saturated rings. The molecule has 0 unspecified atom stereocenters. The molecule has 0 radical (unpaired) electrons. The van der Waals surface area contributed by atoms with E-state index >= 15 is 0 Å². The van der Waals surface area contributed by atoms with Crippen molar-refractivity contribution in [3.63, 3.8) is 0 Å². The molecule has 2 aliphatic rings. The number of rotatable bonds is 9. The zero-order valence-electron chi connectivity index (χ0n) is 17.5. The molecule has 0 aromatic carbocycles. The molecule has 0 spiro atoms. The summed E-state index contributed by atoms with van der Waals surface area (Å²) in [5.74, 6) is 0.982. The summed E-state index contributed by atoms with van der Waals surface area (Å²) in [7, 11) is 0. The molecule has 0 aromatic rings. The van der Waals surface area contributed by atoms with Crippen LogP contribution in [-0.2, 0) is 4.79 Å². The summed E-state index contributed by atoms with van der Waals surface area (Å²) in [4.78, 5) is 19.6. The van der Waals surface area contributed by atoms with Gasteiger partial charge >= 0.3 is 0 Å². The molecule has 6 heteroatoms. The van der Waals surface area contributed by atoms with Gasteiger partial charge < -0.3 is 15.5 Å². The lowest BCUT2D eigenvalue weighted by atomic mass is 9.96. The maximum atomic E-state index is 12.2. The highest BCUT2D eigenvalue weighted by Gasteiger charge is 2.23. The van der Waals surface area contributed by atoms with Crippen LogP contribution in [0, 0.1) is 5.92 Å². The van der Waals surface area contributed by atoms with E-state index in [4.69, 9.17) is 0 Å². The Morgan fingerprint density at radius 1 is 1.04 bits per heavy atom. The fourth-order valence-electron chi connectivity index (χ4n) is 4.28. The highest BCUT2D eigenvalue weighted by atomic mass is 16.2. The molecule has 2 rings (SSSR count). The smallest absolute Gasteiger partial charge is 0.234 e. The van der Waals surface area contributed by atoms with Crippen LogP contribution >= 0.6 is 0 Å². The molecule has 0 aliphatic carbocycles. The van der Waals surface area contributed by atoms with Crippen molar-refractivity contribution < 1.29 is 4.79 Å². The van der Waals surface area contributed by atoms with Gasteiger partial charge in [0, 0.05) is 57.9 Å². The number of likely N-dealkylation sites (tertiary alicyclic amines) is 1. The topological polar surface area (TPSA) is 50.9 Å². The first kappa shape index (κ1) is 21.6. The Kier molecular flexibility index (Phi) is 9.33. The van der Waals surface area contributed by atoms with E-state index in [1.807, 2.05) is 0 Å². The van der Waals surface area contributed by atoms with Gasteiger partial charge in [-0.05, 0) is 59.5 Å².